The van der Waals surface area contributed by atoms with Gasteiger partial charge in [0.15, 0.2) is 0 Å². The third kappa shape index (κ3) is 7.69. The average molecular weight is 241 g/mol. The first kappa shape index (κ1) is 15.8. The zero-order valence-corrected chi connectivity index (χ0v) is 11.2. The number of allylic oxidation sites excluding steroid dienone is 1. The Balaban J connectivity index is 4.08. The van der Waals surface area contributed by atoms with Crippen molar-refractivity contribution in [2.24, 2.45) is 0 Å². The Morgan fingerprint density at radius 3 is 2.47 bits per heavy atom. The van der Waals surface area contributed by atoms with Gasteiger partial charge in [-0.25, -0.2) is 0 Å². The first-order chi connectivity index (χ1) is 8.01. The summed E-state index contributed by atoms with van der Waals surface area (Å²) in [5.74, 6) is -0.362. The molecule has 1 N–H and O–H groups in total. The fraction of sp³-hybridized carbons (Fsp3) is 0.692. The maximum absolute atomic E-state index is 11.3. The van der Waals surface area contributed by atoms with Crippen LogP contribution in [0.15, 0.2) is 11.6 Å². The molecule has 0 aliphatic heterocycles. The summed E-state index contributed by atoms with van der Waals surface area (Å²) >= 11 is 0. The normalized spacial score (nSPS) is 13.3. The van der Waals surface area contributed by atoms with E-state index in [4.69, 9.17) is 4.74 Å². The third-order valence-electron chi connectivity index (χ3n) is 2.57. The molecule has 0 aromatic carbocycles. The van der Waals surface area contributed by atoms with Crippen molar-refractivity contribution in [2.75, 3.05) is 13.2 Å². The number of hydrogen-bond donors (Lipinski definition) is 1. The Morgan fingerprint density at radius 1 is 1.35 bits per heavy atom. The van der Waals surface area contributed by atoms with Gasteiger partial charge in [0.2, 0.25) is 0 Å². The van der Waals surface area contributed by atoms with E-state index in [9.17, 15) is 9.59 Å². The number of ether oxygens (including phenoxy) is 1. The number of Topliss-reactive ketones (excluding diaryl/α,β-unsaturated/α-hetero) is 1. The molecule has 0 aromatic rings. The van der Waals surface area contributed by atoms with Crippen molar-refractivity contribution in [3.63, 3.8) is 0 Å². The second-order valence-electron chi connectivity index (χ2n) is 4.01. The van der Waals surface area contributed by atoms with Crippen LogP contribution in [0, 0.1) is 0 Å². The average Bonchev–Trinajstić information content (AvgIpc) is 2.27. The molecule has 0 rings (SSSR count). The summed E-state index contributed by atoms with van der Waals surface area (Å²) in [5.41, 5.74) is 1.26. The van der Waals surface area contributed by atoms with Crippen LogP contribution in [0.5, 0.6) is 0 Å². The smallest absolute Gasteiger partial charge is 0.307 e. The third-order valence-corrected chi connectivity index (χ3v) is 2.57. The van der Waals surface area contributed by atoms with Crippen molar-refractivity contribution >= 4 is 11.8 Å². The lowest BCUT2D eigenvalue weighted by Gasteiger charge is -2.15. The largest absolute Gasteiger partial charge is 0.466 e. The van der Waals surface area contributed by atoms with Crippen LogP contribution < -0.4 is 5.32 Å². The summed E-state index contributed by atoms with van der Waals surface area (Å²) in [6, 6.07) is -0.432. The summed E-state index contributed by atoms with van der Waals surface area (Å²) in [4.78, 5) is 22.6. The minimum atomic E-state index is -0.432. The van der Waals surface area contributed by atoms with Gasteiger partial charge in [-0.1, -0.05) is 11.6 Å². The highest BCUT2D eigenvalue weighted by Gasteiger charge is 2.18. The summed E-state index contributed by atoms with van der Waals surface area (Å²) in [6.45, 7) is 8.30. The molecule has 0 aromatic heterocycles. The number of ketones is 1. The molecule has 0 amide bonds. The highest BCUT2D eigenvalue weighted by Crippen LogP contribution is 2.01. The van der Waals surface area contributed by atoms with E-state index in [2.05, 4.69) is 5.32 Å². The zero-order valence-electron chi connectivity index (χ0n) is 11.2. The van der Waals surface area contributed by atoms with Gasteiger partial charge in [-0.05, 0) is 40.7 Å². The molecule has 0 heterocycles. The maximum atomic E-state index is 11.3. The minimum Gasteiger partial charge on any atom is -0.466 e. The van der Waals surface area contributed by atoms with Gasteiger partial charge in [0.1, 0.15) is 5.78 Å². The topological polar surface area (TPSA) is 55.4 Å². The Labute approximate surface area is 103 Å². The summed E-state index contributed by atoms with van der Waals surface area (Å²) in [7, 11) is 0. The van der Waals surface area contributed by atoms with E-state index in [1.54, 1.807) is 6.92 Å². The van der Waals surface area contributed by atoms with E-state index in [0.29, 0.717) is 13.2 Å². The molecule has 98 valence electrons. The number of rotatable bonds is 8. The molecule has 1 unspecified atom stereocenters. The first-order valence-electron chi connectivity index (χ1n) is 6.02. The Morgan fingerprint density at radius 2 is 2.00 bits per heavy atom. The van der Waals surface area contributed by atoms with E-state index in [1.807, 2.05) is 19.9 Å². The highest BCUT2D eigenvalue weighted by molar-refractivity contribution is 5.86. The second-order valence-corrected chi connectivity index (χ2v) is 4.01. The van der Waals surface area contributed by atoms with Crippen molar-refractivity contribution in [3.05, 3.63) is 11.6 Å². The number of esters is 1. The van der Waals surface area contributed by atoms with Crippen molar-refractivity contribution in [1.82, 2.24) is 5.32 Å². The van der Waals surface area contributed by atoms with Crippen LogP contribution in [0.4, 0.5) is 0 Å². The van der Waals surface area contributed by atoms with E-state index < -0.39 is 6.04 Å². The fourth-order valence-electron chi connectivity index (χ4n) is 1.33. The van der Waals surface area contributed by atoms with Gasteiger partial charge < -0.3 is 10.1 Å². The standard InChI is InChI=1S/C13H23NO3/c1-5-10(3)7-8-14-12(11(4)15)9-13(16)17-6-2/h5,12,14H,6-9H2,1-4H3. The minimum absolute atomic E-state index is 0.0313. The maximum Gasteiger partial charge on any atom is 0.307 e. The molecule has 0 aliphatic carbocycles. The molecule has 0 radical (unpaired) electrons. The predicted octanol–water partition coefficient (Wildman–Crippen LogP) is 1.84. The van der Waals surface area contributed by atoms with E-state index >= 15 is 0 Å². The summed E-state index contributed by atoms with van der Waals surface area (Å²) in [5, 5.41) is 3.08. The molecule has 0 saturated heterocycles. The van der Waals surface area contributed by atoms with Gasteiger partial charge in [0, 0.05) is 0 Å². The molecule has 0 fully saturated rings. The van der Waals surface area contributed by atoms with Gasteiger partial charge >= 0.3 is 5.97 Å². The number of nitrogens with one attached hydrogen (secondary N) is 1. The molecule has 1 atom stereocenters. The number of hydrogen-bond acceptors (Lipinski definition) is 4. The Bertz CT molecular complexity index is 284. The van der Waals surface area contributed by atoms with Crippen molar-refractivity contribution in [3.8, 4) is 0 Å². The number of carbonyl (C=O) groups is 2. The van der Waals surface area contributed by atoms with Crippen LogP contribution in [0.3, 0.4) is 0 Å². The van der Waals surface area contributed by atoms with Crippen LogP contribution in [-0.2, 0) is 14.3 Å². The monoisotopic (exact) mass is 241 g/mol. The summed E-state index contributed by atoms with van der Waals surface area (Å²) < 4.78 is 4.83. The lowest BCUT2D eigenvalue weighted by Crippen LogP contribution is -2.38. The SMILES string of the molecule is CC=C(C)CCNC(CC(=O)OCC)C(C)=O. The van der Waals surface area contributed by atoms with Gasteiger partial charge in [-0.3, -0.25) is 9.59 Å². The van der Waals surface area contributed by atoms with Crippen molar-refractivity contribution in [2.45, 2.75) is 46.6 Å². The quantitative estimate of drug-likeness (QED) is 0.520. The van der Waals surface area contributed by atoms with Crippen LogP contribution in [-0.4, -0.2) is 30.9 Å². The predicted molar refractivity (Wildman–Crippen MR) is 67.8 cm³/mol. The Kier molecular flexibility index (Phi) is 8.32. The van der Waals surface area contributed by atoms with Gasteiger partial charge in [0.05, 0.1) is 19.1 Å². The van der Waals surface area contributed by atoms with Crippen molar-refractivity contribution < 1.29 is 14.3 Å². The van der Waals surface area contributed by atoms with Gasteiger partial charge in [-0.2, -0.15) is 0 Å². The summed E-state index contributed by atoms with van der Waals surface area (Å²) in [6.07, 6.45) is 3.02. The lowest BCUT2D eigenvalue weighted by atomic mass is 10.1. The Hall–Kier alpha value is -1.16. The van der Waals surface area contributed by atoms with Crippen molar-refractivity contribution in [1.29, 1.82) is 0 Å². The highest BCUT2D eigenvalue weighted by atomic mass is 16.5. The molecular formula is C13H23NO3. The molecule has 17 heavy (non-hydrogen) atoms. The van der Waals surface area contributed by atoms with E-state index in [-0.39, 0.29) is 18.2 Å². The van der Waals surface area contributed by atoms with Crippen LogP contribution in [0.25, 0.3) is 0 Å². The van der Waals surface area contributed by atoms with Crippen LogP contribution >= 0.6 is 0 Å². The fourth-order valence-corrected chi connectivity index (χ4v) is 1.33. The lowest BCUT2D eigenvalue weighted by molar-refractivity contribution is -0.145. The second kappa shape index (κ2) is 8.93. The molecule has 0 bridgehead atoms. The van der Waals surface area contributed by atoms with Crippen LogP contribution in [0.2, 0.25) is 0 Å². The molecule has 0 spiro atoms. The van der Waals surface area contributed by atoms with Gasteiger partial charge in [-0.15, -0.1) is 0 Å². The molecular weight excluding hydrogens is 218 g/mol. The molecule has 0 aliphatic rings. The van der Waals surface area contributed by atoms with E-state index in [1.165, 1.54) is 12.5 Å². The van der Waals surface area contributed by atoms with Gasteiger partial charge in [0.25, 0.3) is 0 Å². The molecule has 0 saturated carbocycles. The van der Waals surface area contributed by atoms with E-state index in [0.717, 1.165) is 6.42 Å². The molecule has 4 heteroatoms. The first-order valence-corrected chi connectivity index (χ1v) is 6.02. The molecule has 4 nitrogen and oxygen atoms in total. The van der Waals surface area contributed by atoms with Crippen LogP contribution in [0.1, 0.15) is 40.5 Å². The zero-order chi connectivity index (χ0) is 13.3. The number of carbonyl (C=O) groups excluding carboxylic acids is 2.